The van der Waals surface area contributed by atoms with E-state index < -0.39 is 0 Å². The van der Waals surface area contributed by atoms with Crippen molar-refractivity contribution in [2.45, 2.75) is 59.5 Å². The number of aryl methyl sites for hydroxylation is 1. The first-order valence-corrected chi connectivity index (χ1v) is 11.3. The molecule has 0 spiro atoms. The number of nitrogens with zero attached hydrogens (tertiary/aromatic N) is 4. The van der Waals surface area contributed by atoms with Gasteiger partial charge in [-0.1, -0.05) is 56.3 Å². The molecule has 172 valence electrons. The molecule has 0 saturated heterocycles. The van der Waals surface area contributed by atoms with Crippen LogP contribution < -0.4 is 11.3 Å². The summed E-state index contributed by atoms with van der Waals surface area (Å²) in [6.45, 7) is 9.11. The number of amides is 1. The molecule has 0 aliphatic rings. The molecule has 8 heteroatoms. The largest absolute Gasteiger partial charge is 0.335 e. The lowest BCUT2D eigenvalue weighted by molar-refractivity contribution is -0.135. The zero-order chi connectivity index (χ0) is 23.3. The molecule has 32 heavy (non-hydrogen) atoms. The minimum atomic E-state index is -0.376. The number of carbonyl (C=O) groups excluding carboxylic acids is 1. The summed E-state index contributed by atoms with van der Waals surface area (Å²) >= 11 is 0. The van der Waals surface area contributed by atoms with Gasteiger partial charge in [-0.05, 0) is 37.8 Å². The molecule has 0 aliphatic heterocycles. The second-order valence-corrected chi connectivity index (χ2v) is 8.55. The Morgan fingerprint density at radius 2 is 1.97 bits per heavy atom. The molecule has 0 saturated carbocycles. The SMILES string of the molecule is CCC(c1nc2onc(C)c2c(=O)n1Cc1ccccc1)N(CCCN)C(=O)CC(C)C. The smallest absolute Gasteiger partial charge is 0.267 e. The summed E-state index contributed by atoms with van der Waals surface area (Å²) in [5.41, 5.74) is 7.25. The molecule has 0 bridgehead atoms. The Bertz CT molecular complexity index is 1100. The Balaban J connectivity index is 2.17. The van der Waals surface area contributed by atoms with Gasteiger partial charge in [-0.3, -0.25) is 14.2 Å². The predicted molar refractivity (Wildman–Crippen MR) is 124 cm³/mol. The van der Waals surface area contributed by atoms with Crippen molar-refractivity contribution < 1.29 is 9.32 Å². The summed E-state index contributed by atoms with van der Waals surface area (Å²) in [6.07, 6.45) is 1.70. The van der Waals surface area contributed by atoms with Gasteiger partial charge < -0.3 is 15.2 Å². The lowest BCUT2D eigenvalue weighted by Crippen LogP contribution is -2.40. The van der Waals surface area contributed by atoms with Crippen LogP contribution in [0, 0.1) is 12.8 Å². The van der Waals surface area contributed by atoms with Crippen molar-refractivity contribution in [1.82, 2.24) is 19.6 Å². The molecule has 0 radical (unpaired) electrons. The van der Waals surface area contributed by atoms with Crippen LogP contribution in [0.3, 0.4) is 0 Å². The van der Waals surface area contributed by atoms with Crippen molar-refractivity contribution >= 4 is 17.0 Å². The Labute approximate surface area is 188 Å². The lowest BCUT2D eigenvalue weighted by Gasteiger charge is -2.32. The van der Waals surface area contributed by atoms with Gasteiger partial charge in [0.15, 0.2) is 0 Å². The van der Waals surface area contributed by atoms with E-state index in [0.29, 0.717) is 55.8 Å². The number of benzene rings is 1. The van der Waals surface area contributed by atoms with Crippen LogP contribution in [0.25, 0.3) is 11.1 Å². The average molecular weight is 440 g/mol. The molecule has 1 atom stereocenters. The fourth-order valence-corrected chi connectivity index (χ4v) is 3.98. The van der Waals surface area contributed by atoms with Crippen molar-refractivity contribution in [3.05, 3.63) is 57.8 Å². The van der Waals surface area contributed by atoms with Gasteiger partial charge in [0.25, 0.3) is 11.3 Å². The molecule has 0 fully saturated rings. The van der Waals surface area contributed by atoms with Gasteiger partial charge in [0.05, 0.1) is 18.3 Å². The Hall–Kier alpha value is -3.00. The third kappa shape index (κ3) is 5.07. The van der Waals surface area contributed by atoms with Gasteiger partial charge in [0, 0.05) is 13.0 Å². The second-order valence-electron chi connectivity index (χ2n) is 8.55. The Morgan fingerprint density at radius 1 is 1.25 bits per heavy atom. The monoisotopic (exact) mass is 439 g/mol. The maximum atomic E-state index is 13.5. The van der Waals surface area contributed by atoms with Crippen molar-refractivity contribution in [1.29, 1.82) is 0 Å². The van der Waals surface area contributed by atoms with Crippen LogP contribution in [0.15, 0.2) is 39.6 Å². The van der Waals surface area contributed by atoms with Crippen LogP contribution in [0.1, 0.15) is 63.2 Å². The van der Waals surface area contributed by atoms with E-state index in [9.17, 15) is 9.59 Å². The number of fused-ring (bicyclic) bond motifs is 1. The van der Waals surface area contributed by atoms with Gasteiger partial charge in [0.1, 0.15) is 11.2 Å². The second kappa shape index (κ2) is 10.5. The van der Waals surface area contributed by atoms with E-state index in [-0.39, 0.29) is 29.1 Å². The number of hydrogen-bond acceptors (Lipinski definition) is 6. The van der Waals surface area contributed by atoms with Crippen LogP contribution >= 0.6 is 0 Å². The van der Waals surface area contributed by atoms with Gasteiger partial charge >= 0.3 is 0 Å². The highest BCUT2D eigenvalue weighted by atomic mass is 16.5. The van der Waals surface area contributed by atoms with Gasteiger partial charge in [-0.15, -0.1) is 0 Å². The highest BCUT2D eigenvalue weighted by Crippen LogP contribution is 2.26. The van der Waals surface area contributed by atoms with Crippen LogP contribution in [0.2, 0.25) is 0 Å². The minimum Gasteiger partial charge on any atom is -0.335 e. The molecule has 2 heterocycles. The zero-order valence-corrected chi connectivity index (χ0v) is 19.4. The van der Waals surface area contributed by atoms with Crippen molar-refractivity contribution in [3.63, 3.8) is 0 Å². The summed E-state index contributed by atoms with van der Waals surface area (Å²) in [5.74, 6) is 0.771. The third-order valence-electron chi connectivity index (χ3n) is 5.55. The van der Waals surface area contributed by atoms with E-state index in [4.69, 9.17) is 15.2 Å². The Kier molecular flexibility index (Phi) is 7.80. The molecule has 8 nitrogen and oxygen atoms in total. The standard InChI is InChI=1S/C24H33N5O3/c1-5-19(28(13-9-12-25)20(30)14-16(2)3)22-26-23-21(17(4)27-32-23)24(31)29(22)15-18-10-7-6-8-11-18/h6-8,10-11,16,19H,5,9,12-15,25H2,1-4H3. The summed E-state index contributed by atoms with van der Waals surface area (Å²) in [7, 11) is 0. The van der Waals surface area contributed by atoms with Crippen molar-refractivity contribution in [3.8, 4) is 0 Å². The molecule has 1 aromatic carbocycles. The summed E-state index contributed by atoms with van der Waals surface area (Å²) in [5, 5.41) is 4.33. The maximum absolute atomic E-state index is 13.5. The molecule has 2 N–H and O–H groups in total. The topological polar surface area (TPSA) is 107 Å². The molecule has 3 rings (SSSR count). The number of nitrogens with two attached hydrogens (primary N) is 1. The molecular formula is C24H33N5O3. The van der Waals surface area contributed by atoms with E-state index in [1.165, 1.54) is 0 Å². The normalized spacial score (nSPS) is 12.4. The first kappa shape index (κ1) is 23.7. The molecular weight excluding hydrogens is 406 g/mol. The number of rotatable bonds is 10. The van der Waals surface area contributed by atoms with E-state index >= 15 is 0 Å². The first-order chi connectivity index (χ1) is 15.4. The molecule has 0 aliphatic carbocycles. The fraction of sp³-hybridized carbons (Fsp3) is 0.500. The quantitative estimate of drug-likeness (QED) is 0.519. The minimum absolute atomic E-state index is 0.0367. The van der Waals surface area contributed by atoms with Crippen molar-refractivity contribution in [2.75, 3.05) is 13.1 Å². The van der Waals surface area contributed by atoms with E-state index in [1.54, 1.807) is 11.5 Å². The number of hydrogen-bond donors (Lipinski definition) is 1. The van der Waals surface area contributed by atoms with Gasteiger partial charge in [0.2, 0.25) is 5.91 Å². The fourth-order valence-electron chi connectivity index (χ4n) is 3.98. The molecule has 3 aromatic rings. The highest BCUT2D eigenvalue weighted by molar-refractivity contribution is 5.77. The zero-order valence-electron chi connectivity index (χ0n) is 19.4. The summed E-state index contributed by atoms with van der Waals surface area (Å²) in [6, 6.07) is 9.38. The average Bonchev–Trinajstić information content (AvgIpc) is 3.14. The molecule has 1 amide bonds. The van der Waals surface area contributed by atoms with Crippen molar-refractivity contribution in [2.24, 2.45) is 11.7 Å². The highest BCUT2D eigenvalue weighted by Gasteiger charge is 2.29. The predicted octanol–water partition coefficient (Wildman–Crippen LogP) is 3.42. The van der Waals surface area contributed by atoms with Crippen LogP contribution in [-0.4, -0.2) is 38.6 Å². The maximum Gasteiger partial charge on any atom is 0.267 e. The molecule has 1 unspecified atom stereocenters. The van der Waals surface area contributed by atoms with Crippen LogP contribution in [0.5, 0.6) is 0 Å². The van der Waals surface area contributed by atoms with Crippen LogP contribution in [-0.2, 0) is 11.3 Å². The van der Waals surface area contributed by atoms with Gasteiger partial charge in [-0.25, -0.2) is 0 Å². The molecule has 2 aromatic heterocycles. The summed E-state index contributed by atoms with van der Waals surface area (Å²) in [4.78, 5) is 33.3. The van der Waals surface area contributed by atoms with E-state index in [2.05, 4.69) is 5.16 Å². The van der Waals surface area contributed by atoms with Gasteiger partial charge in [-0.2, -0.15) is 4.98 Å². The lowest BCUT2D eigenvalue weighted by atomic mass is 10.1. The third-order valence-corrected chi connectivity index (χ3v) is 5.55. The van der Waals surface area contributed by atoms with Crippen LogP contribution in [0.4, 0.5) is 0 Å². The number of carbonyl (C=O) groups is 1. The summed E-state index contributed by atoms with van der Waals surface area (Å²) < 4.78 is 7.02. The number of aromatic nitrogens is 3. The van der Waals surface area contributed by atoms with E-state index in [0.717, 1.165) is 5.56 Å². The first-order valence-electron chi connectivity index (χ1n) is 11.3. The Morgan fingerprint density at radius 3 is 2.59 bits per heavy atom. The van der Waals surface area contributed by atoms with E-state index in [1.807, 2.05) is 56.0 Å².